The maximum Gasteiger partial charge on any atom is 0.202 e. The van der Waals surface area contributed by atoms with Gasteiger partial charge in [-0.05, 0) is 47.2 Å². The summed E-state index contributed by atoms with van der Waals surface area (Å²) >= 11 is 2.03. The minimum absolute atomic E-state index is 0.0521. The first-order valence-electron chi connectivity index (χ1n) is 5.16. The largest absolute Gasteiger partial charge is 0.494 e. The van der Waals surface area contributed by atoms with E-state index in [9.17, 15) is 4.79 Å². The normalized spacial score (nSPS) is 10.6. The van der Waals surface area contributed by atoms with Gasteiger partial charge in [0, 0.05) is 11.7 Å². The molecule has 0 aliphatic heterocycles. The molecule has 0 fully saturated rings. The molecule has 1 heterocycles. The molecule has 1 aromatic carbocycles. The topological polar surface area (TPSA) is 42.1 Å². The second kappa shape index (κ2) is 4.86. The van der Waals surface area contributed by atoms with Crippen LogP contribution < -0.4 is 10.2 Å². The Bertz CT molecular complexity index is 562. The molecule has 0 aliphatic carbocycles. The molecule has 0 amide bonds. The van der Waals surface area contributed by atoms with Gasteiger partial charge in [-0.25, -0.2) is 0 Å². The van der Waals surface area contributed by atoms with Crippen molar-refractivity contribution >= 4 is 33.5 Å². The Labute approximate surface area is 107 Å². The number of hydrogen-bond donors (Lipinski definition) is 1. The molecule has 0 bridgehead atoms. The number of hydrogen-bond acceptors (Lipinski definition) is 2. The molecule has 0 unspecified atom stereocenters. The lowest BCUT2D eigenvalue weighted by molar-refractivity contribution is 0.318. The third kappa shape index (κ3) is 2.21. The third-order valence-electron chi connectivity index (χ3n) is 2.28. The zero-order valence-corrected chi connectivity index (χ0v) is 11.1. The zero-order chi connectivity index (χ0) is 11.5. The van der Waals surface area contributed by atoms with E-state index in [0.29, 0.717) is 15.6 Å². The first-order valence-corrected chi connectivity index (χ1v) is 6.24. The van der Waals surface area contributed by atoms with Crippen LogP contribution >= 0.6 is 22.6 Å². The Morgan fingerprint density at radius 3 is 3.00 bits per heavy atom. The van der Waals surface area contributed by atoms with Gasteiger partial charge in [0.05, 0.1) is 15.6 Å². The van der Waals surface area contributed by atoms with Crippen molar-refractivity contribution in [3.63, 3.8) is 0 Å². The van der Waals surface area contributed by atoms with E-state index in [-0.39, 0.29) is 5.43 Å². The molecule has 3 nitrogen and oxygen atoms in total. The van der Waals surface area contributed by atoms with Crippen LogP contribution in [0.25, 0.3) is 10.9 Å². The van der Waals surface area contributed by atoms with Crippen LogP contribution in [0.15, 0.2) is 29.2 Å². The van der Waals surface area contributed by atoms with Crippen LogP contribution in [0.3, 0.4) is 0 Å². The van der Waals surface area contributed by atoms with Crippen molar-refractivity contribution < 1.29 is 4.74 Å². The average Bonchev–Trinajstić information content (AvgIpc) is 2.31. The molecule has 2 aromatic rings. The lowest BCUT2D eigenvalue weighted by Gasteiger charge is -2.05. The highest BCUT2D eigenvalue weighted by Gasteiger charge is 2.04. The van der Waals surface area contributed by atoms with E-state index in [0.717, 1.165) is 17.7 Å². The summed E-state index contributed by atoms with van der Waals surface area (Å²) in [6, 6.07) is 5.55. The molecule has 0 saturated heterocycles. The minimum Gasteiger partial charge on any atom is -0.494 e. The van der Waals surface area contributed by atoms with Crippen molar-refractivity contribution in [2.24, 2.45) is 0 Å². The van der Waals surface area contributed by atoms with Crippen LogP contribution in [0, 0.1) is 3.57 Å². The van der Waals surface area contributed by atoms with Gasteiger partial charge >= 0.3 is 0 Å². The minimum atomic E-state index is 0.0521. The fourth-order valence-corrected chi connectivity index (χ4v) is 1.93. The summed E-state index contributed by atoms with van der Waals surface area (Å²) in [6.45, 7) is 2.73. The Balaban J connectivity index is 2.51. The van der Waals surface area contributed by atoms with Crippen molar-refractivity contribution in [2.45, 2.75) is 13.3 Å². The van der Waals surface area contributed by atoms with E-state index in [1.807, 2.05) is 34.7 Å². The van der Waals surface area contributed by atoms with Gasteiger partial charge in [0.1, 0.15) is 5.75 Å². The van der Waals surface area contributed by atoms with Crippen LogP contribution in [-0.4, -0.2) is 11.6 Å². The summed E-state index contributed by atoms with van der Waals surface area (Å²) in [7, 11) is 0. The second-order valence-electron chi connectivity index (χ2n) is 3.52. The van der Waals surface area contributed by atoms with Gasteiger partial charge in [0.2, 0.25) is 5.43 Å². The van der Waals surface area contributed by atoms with E-state index in [1.54, 1.807) is 12.3 Å². The Kier molecular flexibility index (Phi) is 3.48. The summed E-state index contributed by atoms with van der Waals surface area (Å²) in [4.78, 5) is 15.0. The maximum atomic E-state index is 11.9. The van der Waals surface area contributed by atoms with Crippen molar-refractivity contribution in [1.29, 1.82) is 0 Å². The van der Waals surface area contributed by atoms with Crippen LogP contribution in [0.1, 0.15) is 13.3 Å². The molecule has 1 aromatic heterocycles. The summed E-state index contributed by atoms with van der Waals surface area (Å²) in [6.07, 6.45) is 2.68. The fourth-order valence-electron chi connectivity index (χ4n) is 1.48. The number of fused-ring (bicyclic) bond motifs is 1. The smallest absolute Gasteiger partial charge is 0.202 e. The monoisotopic (exact) mass is 329 g/mol. The van der Waals surface area contributed by atoms with Crippen molar-refractivity contribution in [1.82, 2.24) is 4.98 Å². The lowest BCUT2D eigenvalue weighted by Crippen LogP contribution is -2.06. The lowest BCUT2D eigenvalue weighted by atomic mass is 10.2. The predicted molar refractivity (Wildman–Crippen MR) is 73.1 cm³/mol. The molecule has 1 N–H and O–H groups in total. The van der Waals surface area contributed by atoms with Gasteiger partial charge in [-0.15, -0.1) is 0 Å². The number of H-pyrrole nitrogens is 1. The van der Waals surface area contributed by atoms with E-state index < -0.39 is 0 Å². The number of halogens is 1. The molecule has 16 heavy (non-hydrogen) atoms. The molecular formula is C12H12INO2. The van der Waals surface area contributed by atoms with E-state index in [2.05, 4.69) is 11.9 Å². The Morgan fingerprint density at radius 2 is 2.25 bits per heavy atom. The van der Waals surface area contributed by atoms with E-state index >= 15 is 0 Å². The molecule has 0 spiro atoms. The van der Waals surface area contributed by atoms with Crippen LogP contribution in [0.5, 0.6) is 5.75 Å². The average molecular weight is 329 g/mol. The predicted octanol–water partition coefficient (Wildman–Crippen LogP) is 2.92. The molecule has 4 heteroatoms. The van der Waals surface area contributed by atoms with Gasteiger partial charge in [-0.1, -0.05) is 6.92 Å². The summed E-state index contributed by atoms with van der Waals surface area (Å²) in [5, 5.41) is 0.681. The van der Waals surface area contributed by atoms with Crippen molar-refractivity contribution in [2.75, 3.05) is 6.61 Å². The fraction of sp³-hybridized carbons (Fsp3) is 0.250. The number of rotatable bonds is 3. The SMILES string of the molecule is CCCOc1ccc2[nH]cc(I)c(=O)c2c1. The highest BCUT2D eigenvalue weighted by atomic mass is 127. The quantitative estimate of drug-likeness (QED) is 0.880. The zero-order valence-electron chi connectivity index (χ0n) is 8.92. The Hall–Kier alpha value is -1.04. The van der Waals surface area contributed by atoms with Gasteiger partial charge < -0.3 is 9.72 Å². The third-order valence-corrected chi connectivity index (χ3v) is 3.08. The highest BCUT2D eigenvalue weighted by Crippen LogP contribution is 2.17. The standard InChI is InChI=1S/C12H12INO2/c1-2-5-16-8-3-4-11-9(6-8)12(15)10(13)7-14-11/h3-4,6-7H,2,5H2,1H3,(H,14,15). The van der Waals surface area contributed by atoms with Gasteiger partial charge in [0.25, 0.3) is 0 Å². The Morgan fingerprint density at radius 1 is 1.44 bits per heavy atom. The molecule has 84 valence electrons. The first kappa shape index (κ1) is 11.4. The molecule has 2 rings (SSSR count). The van der Waals surface area contributed by atoms with Gasteiger partial charge in [0.15, 0.2) is 0 Å². The van der Waals surface area contributed by atoms with Gasteiger partial charge in [-0.3, -0.25) is 4.79 Å². The molecular weight excluding hydrogens is 317 g/mol. The van der Waals surface area contributed by atoms with Crippen LogP contribution in [-0.2, 0) is 0 Å². The maximum absolute atomic E-state index is 11.9. The number of aromatic nitrogens is 1. The van der Waals surface area contributed by atoms with Crippen molar-refractivity contribution in [3.05, 3.63) is 38.2 Å². The molecule has 0 radical (unpaired) electrons. The van der Waals surface area contributed by atoms with Gasteiger partial charge in [-0.2, -0.15) is 0 Å². The first-order chi connectivity index (χ1) is 7.72. The number of aromatic amines is 1. The molecule has 0 atom stereocenters. The summed E-state index contributed by atoms with van der Waals surface area (Å²) < 4.78 is 6.20. The van der Waals surface area contributed by atoms with Crippen LogP contribution in [0.2, 0.25) is 0 Å². The molecule has 0 saturated carbocycles. The second-order valence-corrected chi connectivity index (χ2v) is 4.68. The van der Waals surface area contributed by atoms with Crippen molar-refractivity contribution in [3.8, 4) is 5.75 Å². The number of ether oxygens (including phenoxy) is 1. The van der Waals surface area contributed by atoms with E-state index in [4.69, 9.17) is 4.74 Å². The van der Waals surface area contributed by atoms with E-state index in [1.165, 1.54) is 0 Å². The number of nitrogens with one attached hydrogen (secondary N) is 1. The number of pyridine rings is 1. The number of benzene rings is 1. The summed E-state index contributed by atoms with van der Waals surface area (Å²) in [5.74, 6) is 0.752. The molecule has 0 aliphatic rings. The highest BCUT2D eigenvalue weighted by molar-refractivity contribution is 14.1. The van der Waals surface area contributed by atoms with Crippen LogP contribution in [0.4, 0.5) is 0 Å². The summed E-state index contributed by atoms with van der Waals surface area (Å²) in [5.41, 5.74) is 0.894.